The van der Waals surface area contributed by atoms with Crippen LogP contribution in [0.1, 0.15) is 52.7 Å². The van der Waals surface area contributed by atoms with E-state index in [1.807, 2.05) is 51.1 Å². The molecule has 0 spiro atoms. The molecule has 2 aliphatic heterocycles. The number of fused-ring (bicyclic) bond motifs is 2. The number of halogens is 1. The molecule has 0 saturated carbocycles. The number of amides is 2. The largest absolute Gasteiger partial charge is 0.483 e. The van der Waals surface area contributed by atoms with Crippen LogP contribution < -0.4 is 15.5 Å². The minimum atomic E-state index is -0.664. The number of rotatable bonds is 6. The lowest BCUT2D eigenvalue weighted by atomic mass is 9.86. The van der Waals surface area contributed by atoms with Crippen molar-refractivity contribution in [1.82, 2.24) is 14.8 Å². The van der Waals surface area contributed by atoms with Crippen molar-refractivity contribution in [2.75, 3.05) is 6.61 Å². The molecule has 1 aromatic heterocycles. The number of nitrogens with one attached hydrogen (secondary N) is 1. The topological polar surface area (TPSA) is 89.9 Å². The Kier molecular flexibility index (Phi) is 6.79. The Labute approximate surface area is 220 Å². The van der Waals surface area contributed by atoms with Crippen LogP contribution in [-0.2, 0) is 24.4 Å². The van der Waals surface area contributed by atoms with Crippen molar-refractivity contribution in [2.24, 2.45) is 5.41 Å². The fourth-order valence-corrected chi connectivity index (χ4v) is 4.84. The van der Waals surface area contributed by atoms with Gasteiger partial charge in [-0.1, -0.05) is 63.2 Å². The normalized spacial score (nSPS) is 18.6. The average molecular weight is 520 g/mol. The molecule has 2 atom stereocenters. The number of ether oxygens (including phenoxy) is 2. The highest BCUT2D eigenvalue weighted by molar-refractivity contribution is 5.99. The van der Waals surface area contributed by atoms with Crippen molar-refractivity contribution >= 4 is 11.8 Å². The minimum Gasteiger partial charge on any atom is -0.483 e. The Morgan fingerprint density at radius 2 is 1.79 bits per heavy atom. The summed E-state index contributed by atoms with van der Waals surface area (Å²) in [6.45, 7) is 6.92. The van der Waals surface area contributed by atoms with Crippen LogP contribution in [0.25, 0.3) is 0 Å². The van der Waals surface area contributed by atoms with Gasteiger partial charge in [0.15, 0.2) is 17.7 Å². The number of hydrogen-bond donors (Lipinski definition) is 1. The van der Waals surface area contributed by atoms with Crippen LogP contribution in [0.15, 0.2) is 65.6 Å². The standard InChI is InChI=1S/C29H30FN3O5/c1-29(2,3)22-17-37-23-15-32-14-21(27(35)31-13-18-9-11-20(30)12-10-18)25(34)26(24(32)28(36)33(22)23)38-16-19-7-5-4-6-8-19/h4-12,14,22-23H,13,15-17H2,1-3H3,(H,31,35)/t22-,23?/m0/s1. The van der Waals surface area contributed by atoms with E-state index in [1.165, 1.54) is 18.3 Å². The summed E-state index contributed by atoms with van der Waals surface area (Å²) in [5.41, 5.74) is 0.551. The molecule has 1 unspecified atom stereocenters. The maximum atomic E-state index is 13.8. The molecule has 0 radical (unpaired) electrons. The van der Waals surface area contributed by atoms with Crippen LogP contribution in [0.2, 0.25) is 0 Å². The predicted molar refractivity (Wildman–Crippen MR) is 138 cm³/mol. The summed E-state index contributed by atoms with van der Waals surface area (Å²) in [5, 5.41) is 2.71. The monoisotopic (exact) mass is 519 g/mol. The molecule has 0 aliphatic carbocycles. The molecule has 198 valence electrons. The van der Waals surface area contributed by atoms with Crippen molar-refractivity contribution < 1.29 is 23.5 Å². The summed E-state index contributed by atoms with van der Waals surface area (Å²) < 4.78 is 26.8. The van der Waals surface area contributed by atoms with E-state index in [2.05, 4.69) is 5.32 Å². The molecule has 2 amide bonds. The van der Waals surface area contributed by atoms with Crippen LogP contribution in [0.5, 0.6) is 5.75 Å². The highest BCUT2D eigenvalue weighted by Gasteiger charge is 2.48. The second kappa shape index (κ2) is 10.1. The predicted octanol–water partition coefficient (Wildman–Crippen LogP) is 3.72. The Bertz CT molecular complexity index is 1410. The SMILES string of the molecule is CC(C)(C)[C@@H]1COC2Cn3cc(C(=O)NCc4ccc(F)cc4)c(=O)c(OCc4ccccc4)c3C(=O)N21. The molecule has 5 rings (SSSR count). The van der Waals surface area contributed by atoms with Crippen LogP contribution in [-0.4, -0.2) is 40.2 Å². The fourth-order valence-electron chi connectivity index (χ4n) is 4.84. The van der Waals surface area contributed by atoms with Gasteiger partial charge in [0.05, 0.1) is 19.2 Å². The zero-order valence-corrected chi connectivity index (χ0v) is 21.6. The molecule has 0 bridgehead atoms. The molecule has 1 fully saturated rings. The van der Waals surface area contributed by atoms with Crippen molar-refractivity contribution in [3.63, 3.8) is 0 Å². The molecule has 2 aromatic carbocycles. The minimum absolute atomic E-state index is 0.0552. The molecule has 8 nitrogen and oxygen atoms in total. The van der Waals surface area contributed by atoms with Crippen molar-refractivity contribution in [3.05, 3.63) is 99.2 Å². The number of nitrogens with zero attached hydrogens (tertiary/aromatic N) is 2. The fraction of sp³-hybridized carbons (Fsp3) is 0.345. The van der Waals surface area contributed by atoms with Gasteiger partial charge in [0.2, 0.25) is 5.43 Å². The number of aromatic nitrogens is 1. The molecular formula is C29H30FN3O5. The van der Waals surface area contributed by atoms with Gasteiger partial charge in [0.1, 0.15) is 18.0 Å². The first-order chi connectivity index (χ1) is 18.1. The zero-order chi connectivity index (χ0) is 27.0. The maximum absolute atomic E-state index is 13.8. The first kappa shape index (κ1) is 25.7. The lowest BCUT2D eigenvalue weighted by molar-refractivity contribution is 0.00127. The van der Waals surface area contributed by atoms with Crippen molar-refractivity contribution in [3.8, 4) is 5.75 Å². The summed E-state index contributed by atoms with van der Waals surface area (Å²) in [6.07, 6.45) is 0.884. The van der Waals surface area contributed by atoms with Gasteiger partial charge >= 0.3 is 0 Å². The van der Waals surface area contributed by atoms with E-state index in [9.17, 15) is 18.8 Å². The van der Waals surface area contributed by atoms with Gasteiger partial charge in [-0.3, -0.25) is 14.4 Å². The molecule has 1 saturated heterocycles. The Morgan fingerprint density at radius 3 is 2.47 bits per heavy atom. The number of hydrogen-bond acceptors (Lipinski definition) is 5. The van der Waals surface area contributed by atoms with Gasteiger partial charge in [0, 0.05) is 12.7 Å². The van der Waals surface area contributed by atoms with Gasteiger partial charge < -0.3 is 24.3 Å². The first-order valence-corrected chi connectivity index (χ1v) is 12.5. The van der Waals surface area contributed by atoms with E-state index >= 15 is 0 Å². The molecule has 2 aliphatic rings. The van der Waals surface area contributed by atoms with Gasteiger partial charge in [-0.15, -0.1) is 0 Å². The smallest absolute Gasteiger partial charge is 0.276 e. The summed E-state index contributed by atoms with van der Waals surface area (Å²) in [6, 6.07) is 14.8. The number of carbonyl (C=O) groups excluding carboxylic acids is 2. The lowest BCUT2D eigenvalue weighted by Gasteiger charge is -2.39. The summed E-state index contributed by atoms with van der Waals surface area (Å²) in [7, 11) is 0. The highest BCUT2D eigenvalue weighted by Crippen LogP contribution is 2.37. The van der Waals surface area contributed by atoms with Gasteiger partial charge in [0.25, 0.3) is 11.8 Å². The Hall–Kier alpha value is -3.98. The number of pyridine rings is 1. The van der Waals surface area contributed by atoms with E-state index < -0.39 is 17.6 Å². The van der Waals surface area contributed by atoms with Gasteiger partial charge in [-0.2, -0.15) is 0 Å². The maximum Gasteiger partial charge on any atom is 0.276 e. The van der Waals surface area contributed by atoms with Crippen LogP contribution in [0.3, 0.4) is 0 Å². The molecule has 9 heteroatoms. The molecule has 38 heavy (non-hydrogen) atoms. The van der Waals surface area contributed by atoms with Crippen LogP contribution in [0, 0.1) is 11.2 Å². The third-order valence-electron chi connectivity index (χ3n) is 6.96. The first-order valence-electron chi connectivity index (χ1n) is 12.5. The zero-order valence-electron chi connectivity index (χ0n) is 21.6. The van der Waals surface area contributed by atoms with E-state index in [0.717, 1.165) is 5.56 Å². The third-order valence-corrected chi connectivity index (χ3v) is 6.96. The van der Waals surface area contributed by atoms with Gasteiger partial charge in [-0.05, 0) is 28.7 Å². The summed E-state index contributed by atoms with van der Waals surface area (Å²) >= 11 is 0. The summed E-state index contributed by atoms with van der Waals surface area (Å²) in [5.74, 6) is -1.52. The molecule has 3 aromatic rings. The second-order valence-electron chi connectivity index (χ2n) is 10.7. The van der Waals surface area contributed by atoms with E-state index in [-0.39, 0.29) is 59.9 Å². The van der Waals surface area contributed by atoms with Gasteiger partial charge in [-0.25, -0.2) is 4.39 Å². The van der Waals surface area contributed by atoms with Crippen molar-refractivity contribution in [1.29, 1.82) is 0 Å². The van der Waals surface area contributed by atoms with E-state index in [1.54, 1.807) is 21.6 Å². The lowest BCUT2D eigenvalue weighted by Crippen LogP contribution is -2.53. The highest BCUT2D eigenvalue weighted by atomic mass is 19.1. The Balaban J connectivity index is 1.51. The molecule has 3 heterocycles. The van der Waals surface area contributed by atoms with Crippen LogP contribution in [0.4, 0.5) is 4.39 Å². The van der Waals surface area contributed by atoms with Crippen LogP contribution >= 0.6 is 0 Å². The third kappa shape index (κ3) is 4.93. The van der Waals surface area contributed by atoms with Crippen molar-refractivity contribution in [2.45, 2.75) is 52.7 Å². The average Bonchev–Trinajstić information content (AvgIpc) is 3.33. The Morgan fingerprint density at radius 1 is 1.08 bits per heavy atom. The molecular weight excluding hydrogens is 489 g/mol. The van der Waals surface area contributed by atoms with E-state index in [4.69, 9.17) is 9.47 Å². The van der Waals surface area contributed by atoms with E-state index in [0.29, 0.717) is 12.2 Å². The number of benzene rings is 2. The summed E-state index contributed by atoms with van der Waals surface area (Å²) in [4.78, 5) is 42.3. The number of carbonyl (C=O) groups is 2. The quantitative estimate of drug-likeness (QED) is 0.536. The molecule has 1 N–H and O–H groups in total. The second-order valence-corrected chi connectivity index (χ2v) is 10.7.